The Morgan fingerprint density at radius 1 is 1.04 bits per heavy atom. The van der Waals surface area contributed by atoms with Crippen LogP contribution in [0.2, 0.25) is 0 Å². The fourth-order valence-corrected chi connectivity index (χ4v) is 2.39. The van der Waals surface area contributed by atoms with Gasteiger partial charge in [-0.3, -0.25) is 14.5 Å². The van der Waals surface area contributed by atoms with Crippen LogP contribution < -0.4 is 10.6 Å². The van der Waals surface area contributed by atoms with Gasteiger partial charge in [0.15, 0.2) is 0 Å². The van der Waals surface area contributed by atoms with Gasteiger partial charge in [0.1, 0.15) is 0 Å². The topological polar surface area (TPSA) is 78.5 Å². The minimum absolute atomic E-state index is 0.00277. The predicted molar refractivity (Wildman–Crippen MR) is 84.8 cm³/mol. The van der Waals surface area contributed by atoms with Gasteiger partial charge in [-0.15, -0.1) is 0 Å². The van der Waals surface area contributed by atoms with Crippen LogP contribution in [0.4, 0.5) is 10.5 Å². The monoisotopic (exact) mass is 309 g/mol. The molecule has 6 nitrogen and oxygen atoms in total. The van der Waals surface area contributed by atoms with Crippen molar-refractivity contribution >= 4 is 23.5 Å². The van der Waals surface area contributed by atoms with Crippen molar-refractivity contribution in [3.63, 3.8) is 0 Å². The van der Waals surface area contributed by atoms with Crippen molar-refractivity contribution in [3.8, 4) is 0 Å². The highest BCUT2D eigenvalue weighted by Crippen LogP contribution is 2.16. The molecule has 0 spiro atoms. The van der Waals surface area contributed by atoms with Gasteiger partial charge in [-0.05, 0) is 23.8 Å². The van der Waals surface area contributed by atoms with Crippen LogP contribution in [0.1, 0.15) is 15.9 Å². The molecule has 0 saturated carbocycles. The van der Waals surface area contributed by atoms with E-state index in [2.05, 4.69) is 10.6 Å². The van der Waals surface area contributed by atoms with E-state index in [0.717, 1.165) is 4.90 Å². The van der Waals surface area contributed by atoms with Crippen molar-refractivity contribution in [2.24, 2.45) is 0 Å². The molecule has 4 amide bonds. The van der Waals surface area contributed by atoms with E-state index < -0.39 is 6.03 Å². The number of carbonyl (C=O) groups is 3. The van der Waals surface area contributed by atoms with Crippen LogP contribution in [0.25, 0.3) is 0 Å². The lowest BCUT2D eigenvalue weighted by molar-refractivity contribution is -0.125. The van der Waals surface area contributed by atoms with E-state index in [1.165, 1.54) is 0 Å². The molecule has 3 rings (SSSR count). The lowest BCUT2D eigenvalue weighted by Crippen LogP contribution is -2.31. The van der Waals surface area contributed by atoms with Crippen molar-refractivity contribution in [1.82, 2.24) is 10.2 Å². The molecular formula is C17H15N3O3. The van der Waals surface area contributed by atoms with Gasteiger partial charge in [0.2, 0.25) is 5.91 Å². The molecule has 1 heterocycles. The molecule has 2 aromatic rings. The molecule has 0 bridgehead atoms. The molecule has 23 heavy (non-hydrogen) atoms. The van der Waals surface area contributed by atoms with E-state index in [9.17, 15) is 14.4 Å². The van der Waals surface area contributed by atoms with Crippen LogP contribution in [-0.4, -0.2) is 29.3 Å². The molecule has 0 aromatic heterocycles. The van der Waals surface area contributed by atoms with Gasteiger partial charge in [-0.25, -0.2) is 4.79 Å². The Morgan fingerprint density at radius 2 is 1.74 bits per heavy atom. The Morgan fingerprint density at radius 3 is 2.43 bits per heavy atom. The van der Waals surface area contributed by atoms with Gasteiger partial charge in [-0.1, -0.05) is 36.4 Å². The van der Waals surface area contributed by atoms with Gasteiger partial charge in [0.25, 0.3) is 5.91 Å². The number of carbonyl (C=O) groups excluding carboxylic acids is 3. The highest BCUT2D eigenvalue weighted by molar-refractivity contribution is 6.06. The lowest BCUT2D eigenvalue weighted by atomic mass is 10.1. The van der Waals surface area contributed by atoms with E-state index in [1.807, 2.05) is 18.2 Å². The van der Waals surface area contributed by atoms with Crippen molar-refractivity contribution in [1.29, 1.82) is 0 Å². The molecule has 0 atom stereocenters. The third-order valence-electron chi connectivity index (χ3n) is 3.56. The zero-order chi connectivity index (χ0) is 16.2. The van der Waals surface area contributed by atoms with E-state index in [-0.39, 0.29) is 24.9 Å². The largest absolute Gasteiger partial charge is 0.329 e. The molecule has 2 N–H and O–H groups in total. The predicted octanol–water partition coefficient (Wildman–Crippen LogP) is 1.99. The first-order valence-electron chi connectivity index (χ1n) is 7.17. The summed E-state index contributed by atoms with van der Waals surface area (Å²) in [7, 11) is 0. The van der Waals surface area contributed by atoms with Gasteiger partial charge < -0.3 is 10.6 Å². The highest BCUT2D eigenvalue weighted by atomic mass is 16.2. The number of urea groups is 1. The molecule has 116 valence electrons. The summed E-state index contributed by atoms with van der Waals surface area (Å²) in [6.07, 6.45) is 0. The van der Waals surface area contributed by atoms with Crippen molar-refractivity contribution in [2.75, 3.05) is 11.9 Å². The van der Waals surface area contributed by atoms with Crippen molar-refractivity contribution in [2.45, 2.75) is 6.54 Å². The number of nitrogens with one attached hydrogen (secondary N) is 2. The van der Waals surface area contributed by atoms with Crippen LogP contribution in [-0.2, 0) is 11.3 Å². The summed E-state index contributed by atoms with van der Waals surface area (Å²) in [4.78, 5) is 36.9. The second-order valence-electron chi connectivity index (χ2n) is 5.12. The first-order valence-corrected chi connectivity index (χ1v) is 7.17. The van der Waals surface area contributed by atoms with Crippen molar-refractivity contribution < 1.29 is 14.4 Å². The van der Waals surface area contributed by atoms with Gasteiger partial charge in [-0.2, -0.15) is 0 Å². The number of amides is 4. The molecule has 1 saturated heterocycles. The average molecular weight is 309 g/mol. The first-order chi connectivity index (χ1) is 11.1. The normalized spacial score (nSPS) is 13.8. The van der Waals surface area contributed by atoms with E-state index >= 15 is 0 Å². The lowest BCUT2D eigenvalue weighted by Gasteiger charge is -2.15. The summed E-state index contributed by atoms with van der Waals surface area (Å²) in [6.45, 7) is 0.0697. The molecule has 0 unspecified atom stereocenters. The molecule has 1 aliphatic heterocycles. The Balaban J connectivity index is 1.81. The van der Waals surface area contributed by atoms with Crippen molar-refractivity contribution in [3.05, 3.63) is 65.7 Å². The molecule has 6 heteroatoms. The Hall–Kier alpha value is -3.15. The Kier molecular flexibility index (Phi) is 4.05. The Labute approximate surface area is 133 Å². The molecule has 1 fully saturated rings. The zero-order valence-corrected chi connectivity index (χ0v) is 12.3. The summed E-state index contributed by atoms with van der Waals surface area (Å²) >= 11 is 0. The van der Waals surface area contributed by atoms with Crippen LogP contribution in [0.5, 0.6) is 0 Å². The SMILES string of the molecule is O=C(Nc1ccccc1)c1ccccc1CN1C(=O)CNC1=O. The average Bonchev–Trinajstić information content (AvgIpc) is 2.88. The van der Waals surface area contributed by atoms with Crippen LogP contribution in [0.3, 0.4) is 0 Å². The number of para-hydroxylation sites is 1. The number of hydrogen-bond donors (Lipinski definition) is 2. The number of nitrogens with zero attached hydrogens (tertiary/aromatic N) is 1. The first kappa shape index (κ1) is 14.8. The minimum Gasteiger partial charge on any atom is -0.329 e. The van der Waals surface area contributed by atoms with Crippen LogP contribution in [0, 0.1) is 0 Å². The number of benzene rings is 2. The second kappa shape index (κ2) is 6.31. The number of hydrogen-bond acceptors (Lipinski definition) is 3. The molecule has 1 aliphatic rings. The third kappa shape index (κ3) is 3.21. The van der Waals surface area contributed by atoms with E-state index in [0.29, 0.717) is 16.8 Å². The quantitative estimate of drug-likeness (QED) is 0.848. The van der Waals surface area contributed by atoms with Crippen LogP contribution >= 0.6 is 0 Å². The summed E-state index contributed by atoms with van der Waals surface area (Å²) in [5.74, 6) is -0.577. The number of anilines is 1. The smallest absolute Gasteiger partial charge is 0.324 e. The molecule has 0 radical (unpaired) electrons. The molecule has 2 aromatic carbocycles. The van der Waals surface area contributed by atoms with Gasteiger partial charge >= 0.3 is 6.03 Å². The zero-order valence-electron chi connectivity index (χ0n) is 12.3. The fourth-order valence-electron chi connectivity index (χ4n) is 2.39. The highest BCUT2D eigenvalue weighted by Gasteiger charge is 2.29. The summed E-state index contributed by atoms with van der Waals surface area (Å²) in [6, 6.07) is 15.6. The van der Waals surface area contributed by atoms with E-state index in [1.54, 1.807) is 36.4 Å². The maximum Gasteiger partial charge on any atom is 0.324 e. The summed E-state index contributed by atoms with van der Waals surface area (Å²) < 4.78 is 0. The molecular weight excluding hydrogens is 294 g/mol. The van der Waals surface area contributed by atoms with Gasteiger partial charge in [0, 0.05) is 11.3 Å². The van der Waals surface area contributed by atoms with Crippen LogP contribution in [0.15, 0.2) is 54.6 Å². The molecule has 0 aliphatic carbocycles. The Bertz CT molecular complexity index is 743. The maximum atomic E-state index is 12.5. The summed E-state index contributed by atoms with van der Waals surface area (Å²) in [5.41, 5.74) is 1.73. The van der Waals surface area contributed by atoms with E-state index in [4.69, 9.17) is 0 Å². The second-order valence-corrected chi connectivity index (χ2v) is 5.12. The number of rotatable bonds is 4. The standard InChI is InChI=1S/C17H15N3O3/c21-15-10-18-17(23)20(15)11-12-6-4-5-9-14(12)16(22)19-13-7-2-1-3-8-13/h1-9H,10-11H2,(H,18,23)(H,19,22). The summed E-state index contributed by atoms with van der Waals surface area (Å²) in [5, 5.41) is 5.27. The fraction of sp³-hybridized carbons (Fsp3) is 0.118. The van der Waals surface area contributed by atoms with Gasteiger partial charge in [0.05, 0.1) is 13.1 Å². The number of imide groups is 1. The maximum absolute atomic E-state index is 12.5. The minimum atomic E-state index is -0.437. The third-order valence-corrected chi connectivity index (χ3v) is 3.56.